The fourth-order valence-electron chi connectivity index (χ4n) is 2.37. The van der Waals surface area contributed by atoms with E-state index in [2.05, 4.69) is 42.7 Å². The van der Waals surface area contributed by atoms with Gasteiger partial charge in [0.1, 0.15) is 0 Å². The summed E-state index contributed by atoms with van der Waals surface area (Å²) in [5, 5.41) is 7.25. The molecule has 4 heteroatoms. The molecule has 0 radical (unpaired) electrons. The average molecular weight is 278 g/mol. The van der Waals surface area contributed by atoms with Crippen molar-refractivity contribution in [3.8, 4) is 0 Å². The number of benzene rings is 1. The summed E-state index contributed by atoms with van der Waals surface area (Å²) in [6.45, 7) is 5.93. The molecule has 1 heterocycles. The van der Waals surface area contributed by atoms with E-state index in [0.29, 0.717) is 11.2 Å². The molecule has 1 saturated heterocycles. The van der Waals surface area contributed by atoms with Crippen molar-refractivity contribution in [3.05, 3.63) is 29.3 Å². The fourth-order valence-corrected chi connectivity index (χ4v) is 2.56. The van der Waals surface area contributed by atoms with Crippen molar-refractivity contribution in [2.75, 3.05) is 18.5 Å². The highest BCUT2D eigenvalue weighted by Crippen LogP contribution is 2.21. The molecule has 2 N–H and O–H groups in total. The fraction of sp³-hybridized carbons (Fsp3) is 0.533. The van der Waals surface area contributed by atoms with Crippen LogP contribution in [0.15, 0.2) is 18.2 Å². The van der Waals surface area contributed by atoms with E-state index in [4.69, 9.17) is 17.0 Å². The van der Waals surface area contributed by atoms with Gasteiger partial charge < -0.3 is 15.4 Å². The third-order valence-electron chi connectivity index (χ3n) is 3.49. The van der Waals surface area contributed by atoms with Gasteiger partial charge in [0, 0.05) is 18.8 Å². The Bertz CT molecular complexity index is 442. The van der Waals surface area contributed by atoms with Gasteiger partial charge in [-0.2, -0.15) is 0 Å². The van der Waals surface area contributed by atoms with Crippen molar-refractivity contribution >= 4 is 23.0 Å². The third-order valence-corrected chi connectivity index (χ3v) is 3.74. The minimum Gasteiger partial charge on any atom is -0.376 e. The van der Waals surface area contributed by atoms with Crippen LogP contribution >= 0.6 is 12.2 Å². The molecular formula is C15H22N2OS. The maximum Gasteiger partial charge on any atom is 0.170 e. The summed E-state index contributed by atoms with van der Waals surface area (Å²) in [4.78, 5) is 0. The Balaban J connectivity index is 1.91. The van der Waals surface area contributed by atoms with Crippen LogP contribution in [0.25, 0.3) is 0 Å². The second-order valence-electron chi connectivity index (χ2n) is 4.93. The SMILES string of the molecule is CCc1cccc(C)c1NC(=S)NCC1CCCO1. The standard InChI is InChI=1S/C15H22N2OS/c1-3-12-7-4-6-11(2)14(12)17-15(19)16-10-13-8-5-9-18-13/h4,6-7,13H,3,5,8-10H2,1-2H3,(H2,16,17,19). The zero-order chi connectivity index (χ0) is 13.7. The van der Waals surface area contributed by atoms with Crippen LogP contribution in [0.1, 0.15) is 30.9 Å². The van der Waals surface area contributed by atoms with Crippen LogP contribution in [0.2, 0.25) is 0 Å². The van der Waals surface area contributed by atoms with Crippen LogP contribution in [0.5, 0.6) is 0 Å². The van der Waals surface area contributed by atoms with Crippen LogP contribution in [0, 0.1) is 6.92 Å². The van der Waals surface area contributed by atoms with Gasteiger partial charge >= 0.3 is 0 Å². The third kappa shape index (κ3) is 3.91. The number of anilines is 1. The topological polar surface area (TPSA) is 33.3 Å². The van der Waals surface area contributed by atoms with Gasteiger partial charge in [-0.3, -0.25) is 0 Å². The highest BCUT2D eigenvalue weighted by atomic mass is 32.1. The first-order chi connectivity index (χ1) is 9.20. The monoisotopic (exact) mass is 278 g/mol. The highest BCUT2D eigenvalue weighted by molar-refractivity contribution is 7.80. The molecule has 1 aromatic rings. The molecule has 2 rings (SSSR count). The summed E-state index contributed by atoms with van der Waals surface area (Å²) in [7, 11) is 0. The molecule has 0 spiro atoms. The Hall–Kier alpha value is -1.13. The predicted octanol–water partition coefficient (Wildman–Crippen LogP) is 3.02. The molecule has 0 bridgehead atoms. The number of hydrogen-bond acceptors (Lipinski definition) is 2. The second kappa shape index (κ2) is 6.87. The zero-order valence-corrected chi connectivity index (χ0v) is 12.5. The number of ether oxygens (including phenoxy) is 1. The normalized spacial score (nSPS) is 18.3. The molecule has 1 aliphatic heterocycles. The maximum atomic E-state index is 5.57. The average Bonchev–Trinajstić information content (AvgIpc) is 2.92. The van der Waals surface area contributed by atoms with Gasteiger partial charge in [-0.1, -0.05) is 25.1 Å². The van der Waals surface area contributed by atoms with E-state index in [-0.39, 0.29) is 0 Å². The van der Waals surface area contributed by atoms with Gasteiger partial charge in [-0.05, 0) is 49.5 Å². The van der Waals surface area contributed by atoms with Gasteiger partial charge in [0.15, 0.2) is 5.11 Å². The molecule has 1 unspecified atom stereocenters. The first kappa shape index (κ1) is 14.3. The quantitative estimate of drug-likeness (QED) is 0.830. The molecule has 0 aromatic heterocycles. The molecule has 1 aromatic carbocycles. The van der Waals surface area contributed by atoms with Crippen molar-refractivity contribution in [3.63, 3.8) is 0 Å². The first-order valence-corrected chi connectivity index (χ1v) is 7.36. The lowest BCUT2D eigenvalue weighted by atomic mass is 10.1. The Morgan fingerprint density at radius 2 is 2.32 bits per heavy atom. The molecule has 19 heavy (non-hydrogen) atoms. The Morgan fingerprint density at radius 1 is 1.47 bits per heavy atom. The number of thiocarbonyl (C=S) groups is 1. The van der Waals surface area contributed by atoms with E-state index >= 15 is 0 Å². The number of aryl methyl sites for hydroxylation is 2. The van der Waals surface area contributed by atoms with Crippen molar-refractivity contribution in [1.29, 1.82) is 0 Å². The molecule has 0 saturated carbocycles. The Morgan fingerprint density at radius 3 is 3.00 bits per heavy atom. The first-order valence-electron chi connectivity index (χ1n) is 6.95. The lowest BCUT2D eigenvalue weighted by molar-refractivity contribution is 0.114. The number of para-hydroxylation sites is 1. The Kier molecular flexibility index (Phi) is 5.16. The number of rotatable bonds is 4. The van der Waals surface area contributed by atoms with Crippen molar-refractivity contribution < 1.29 is 4.74 Å². The molecule has 0 amide bonds. The zero-order valence-electron chi connectivity index (χ0n) is 11.7. The Labute approximate surface area is 120 Å². The van der Waals surface area contributed by atoms with E-state index in [1.54, 1.807) is 0 Å². The van der Waals surface area contributed by atoms with Gasteiger partial charge in [0.2, 0.25) is 0 Å². The highest BCUT2D eigenvalue weighted by Gasteiger charge is 2.15. The smallest absolute Gasteiger partial charge is 0.170 e. The molecule has 1 atom stereocenters. The summed E-state index contributed by atoms with van der Waals surface area (Å²) in [6.07, 6.45) is 3.59. The summed E-state index contributed by atoms with van der Waals surface area (Å²) in [6, 6.07) is 6.32. The molecule has 104 valence electrons. The van der Waals surface area contributed by atoms with Gasteiger partial charge in [-0.25, -0.2) is 0 Å². The van der Waals surface area contributed by atoms with Crippen LogP contribution < -0.4 is 10.6 Å². The van der Waals surface area contributed by atoms with Crippen molar-refractivity contribution in [2.45, 2.75) is 39.2 Å². The van der Waals surface area contributed by atoms with Crippen LogP contribution in [0.3, 0.4) is 0 Å². The van der Waals surface area contributed by atoms with E-state index in [9.17, 15) is 0 Å². The predicted molar refractivity (Wildman–Crippen MR) is 83.8 cm³/mol. The largest absolute Gasteiger partial charge is 0.376 e. The van der Waals surface area contributed by atoms with Crippen molar-refractivity contribution in [2.24, 2.45) is 0 Å². The lowest BCUT2D eigenvalue weighted by Crippen LogP contribution is -2.35. The van der Waals surface area contributed by atoms with E-state index in [0.717, 1.165) is 38.1 Å². The van der Waals surface area contributed by atoms with Crippen LogP contribution in [0.4, 0.5) is 5.69 Å². The van der Waals surface area contributed by atoms with Crippen molar-refractivity contribution in [1.82, 2.24) is 5.32 Å². The number of hydrogen-bond donors (Lipinski definition) is 2. The van der Waals surface area contributed by atoms with E-state index in [1.165, 1.54) is 11.1 Å². The van der Waals surface area contributed by atoms with Crippen LogP contribution in [-0.2, 0) is 11.2 Å². The number of nitrogens with one attached hydrogen (secondary N) is 2. The van der Waals surface area contributed by atoms with Gasteiger partial charge in [0.25, 0.3) is 0 Å². The summed E-state index contributed by atoms with van der Waals surface area (Å²) >= 11 is 5.36. The minimum absolute atomic E-state index is 0.308. The van der Waals surface area contributed by atoms with Gasteiger partial charge in [0.05, 0.1) is 6.10 Å². The van der Waals surface area contributed by atoms with E-state index < -0.39 is 0 Å². The molecule has 1 aliphatic rings. The second-order valence-corrected chi connectivity index (χ2v) is 5.34. The lowest BCUT2D eigenvalue weighted by Gasteiger charge is -2.17. The molecule has 1 fully saturated rings. The van der Waals surface area contributed by atoms with E-state index in [1.807, 2.05) is 0 Å². The maximum absolute atomic E-state index is 5.57. The minimum atomic E-state index is 0.308. The molecular weight excluding hydrogens is 256 g/mol. The molecule has 3 nitrogen and oxygen atoms in total. The molecule has 0 aliphatic carbocycles. The van der Waals surface area contributed by atoms with Gasteiger partial charge in [-0.15, -0.1) is 0 Å². The summed E-state index contributed by atoms with van der Waals surface area (Å²) in [5.74, 6) is 0. The summed E-state index contributed by atoms with van der Waals surface area (Å²) in [5.41, 5.74) is 3.65. The summed E-state index contributed by atoms with van der Waals surface area (Å²) < 4.78 is 5.57. The van der Waals surface area contributed by atoms with Crippen LogP contribution in [-0.4, -0.2) is 24.4 Å².